The maximum absolute atomic E-state index is 12.2. The van der Waals surface area contributed by atoms with E-state index in [0.29, 0.717) is 31.7 Å². The fourth-order valence-corrected chi connectivity index (χ4v) is 3.43. The normalized spacial score (nSPS) is 17.0. The molecule has 1 saturated heterocycles. The third-order valence-electron chi connectivity index (χ3n) is 4.99. The molecule has 25 heavy (non-hydrogen) atoms. The summed E-state index contributed by atoms with van der Waals surface area (Å²) in [6, 6.07) is 5.67. The number of amides is 2. The van der Waals surface area contributed by atoms with Gasteiger partial charge in [0.25, 0.3) is 5.91 Å². The molecule has 134 valence electrons. The van der Waals surface area contributed by atoms with Gasteiger partial charge in [0, 0.05) is 33.1 Å². The average Bonchev–Trinajstić information content (AvgIpc) is 2.65. The van der Waals surface area contributed by atoms with E-state index >= 15 is 0 Å². The van der Waals surface area contributed by atoms with Gasteiger partial charge in [-0.2, -0.15) is 0 Å². The predicted octanol–water partition coefficient (Wildman–Crippen LogP) is 1.41. The lowest BCUT2D eigenvalue weighted by molar-refractivity contribution is -0.140. The standard InChI is InChI=1S/C19H24N2O4/c1-14(22)20-8-10-21(11-9-20)18(23)13-25-19(24)17-7-6-15-4-2-3-5-16(15)12-17/h6-7,12H,2-5,8-11,13H2,1H3. The quantitative estimate of drug-likeness (QED) is 0.778. The number of benzene rings is 1. The maximum atomic E-state index is 12.2. The van der Waals surface area contributed by atoms with Crippen molar-refractivity contribution in [1.29, 1.82) is 0 Å². The van der Waals surface area contributed by atoms with Crippen LogP contribution in [0.3, 0.4) is 0 Å². The summed E-state index contributed by atoms with van der Waals surface area (Å²) in [5.41, 5.74) is 3.03. The molecule has 0 unspecified atom stereocenters. The largest absolute Gasteiger partial charge is 0.452 e. The summed E-state index contributed by atoms with van der Waals surface area (Å²) in [5, 5.41) is 0. The second kappa shape index (κ2) is 7.68. The number of esters is 1. The Kier molecular flexibility index (Phi) is 5.36. The van der Waals surface area contributed by atoms with Crippen LogP contribution in [0.5, 0.6) is 0 Å². The van der Waals surface area contributed by atoms with Crippen molar-refractivity contribution in [3.8, 4) is 0 Å². The van der Waals surface area contributed by atoms with Crippen molar-refractivity contribution in [3.63, 3.8) is 0 Å². The van der Waals surface area contributed by atoms with E-state index in [-0.39, 0.29) is 18.4 Å². The van der Waals surface area contributed by atoms with Crippen molar-refractivity contribution in [1.82, 2.24) is 9.80 Å². The van der Waals surface area contributed by atoms with Crippen LogP contribution in [-0.4, -0.2) is 60.4 Å². The molecule has 1 aliphatic carbocycles. The predicted molar refractivity (Wildman–Crippen MR) is 92.2 cm³/mol. The lowest BCUT2D eigenvalue weighted by atomic mass is 9.90. The molecule has 0 N–H and O–H groups in total. The Morgan fingerprint density at radius 1 is 0.960 bits per heavy atom. The second-order valence-corrected chi connectivity index (χ2v) is 6.65. The number of hydrogen-bond acceptors (Lipinski definition) is 4. The summed E-state index contributed by atoms with van der Waals surface area (Å²) in [4.78, 5) is 39.1. The van der Waals surface area contributed by atoms with Crippen LogP contribution in [0.15, 0.2) is 18.2 Å². The molecular formula is C19H24N2O4. The average molecular weight is 344 g/mol. The van der Waals surface area contributed by atoms with E-state index in [1.165, 1.54) is 24.5 Å². The van der Waals surface area contributed by atoms with Gasteiger partial charge in [0.1, 0.15) is 0 Å². The first-order valence-corrected chi connectivity index (χ1v) is 8.87. The summed E-state index contributed by atoms with van der Waals surface area (Å²) < 4.78 is 5.20. The summed E-state index contributed by atoms with van der Waals surface area (Å²) in [7, 11) is 0. The van der Waals surface area contributed by atoms with Gasteiger partial charge >= 0.3 is 5.97 Å². The van der Waals surface area contributed by atoms with Crippen molar-refractivity contribution in [2.45, 2.75) is 32.6 Å². The van der Waals surface area contributed by atoms with Crippen molar-refractivity contribution < 1.29 is 19.1 Å². The summed E-state index contributed by atoms with van der Waals surface area (Å²) in [5.74, 6) is -0.649. The van der Waals surface area contributed by atoms with Crippen molar-refractivity contribution >= 4 is 17.8 Å². The van der Waals surface area contributed by atoms with Crippen molar-refractivity contribution in [2.24, 2.45) is 0 Å². The van der Waals surface area contributed by atoms with E-state index in [1.54, 1.807) is 15.9 Å². The second-order valence-electron chi connectivity index (χ2n) is 6.65. The summed E-state index contributed by atoms with van der Waals surface area (Å²) in [6.45, 7) is 3.29. The van der Waals surface area contributed by atoms with Crippen LogP contribution < -0.4 is 0 Å². The maximum Gasteiger partial charge on any atom is 0.338 e. The zero-order valence-corrected chi connectivity index (χ0v) is 14.6. The van der Waals surface area contributed by atoms with Crippen molar-refractivity contribution in [3.05, 3.63) is 34.9 Å². The number of rotatable bonds is 3. The Morgan fingerprint density at radius 3 is 2.28 bits per heavy atom. The van der Waals surface area contributed by atoms with E-state index in [9.17, 15) is 14.4 Å². The fourth-order valence-electron chi connectivity index (χ4n) is 3.43. The lowest BCUT2D eigenvalue weighted by Crippen LogP contribution is -2.51. The van der Waals surface area contributed by atoms with E-state index in [0.717, 1.165) is 19.3 Å². The molecule has 0 saturated carbocycles. The molecule has 1 fully saturated rings. The minimum absolute atomic E-state index is 0.0194. The third-order valence-corrected chi connectivity index (χ3v) is 4.99. The van der Waals surface area contributed by atoms with Gasteiger partial charge in [0.05, 0.1) is 5.56 Å². The molecule has 2 aliphatic rings. The van der Waals surface area contributed by atoms with Crippen LogP contribution in [0.2, 0.25) is 0 Å². The Labute approximate surface area is 147 Å². The number of aryl methyl sites for hydroxylation is 2. The highest BCUT2D eigenvalue weighted by Gasteiger charge is 2.23. The molecule has 0 bridgehead atoms. The Morgan fingerprint density at radius 2 is 1.60 bits per heavy atom. The SMILES string of the molecule is CC(=O)N1CCN(C(=O)COC(=O)c2ccc3c(c2)CCCC3)CC1. The van der Waals surface area contributed by atoms with Crippen LogP contribution in [0.25, 0.3) is 0 Å². The zero-order chi connectivity index (χ0) is 17.8. The third kappa shape index (κ3) is 4.18. The van der Waals surface area contributed by atoms with Crippen LogP contribution in [0, 0.1) is 0 Å². The monoisotopic (exact) mass is 344 g/mol. The van der Waals surface area contributed by atoms with Gasteiger partial charge in [-0.15, -0.1) is 0 Å². The fraction of sp³-hybridized carbons (Fsp3) is 0.526. The molecule has 1 aromatic rings. The van der Waals surface area contributed by atoms with E-state index in [1.807, 2.05) is 12.1 Å². The topological polar surface area (TPSA) is 66.9 Å². The summed E-state index contributed by atoms with van der Waals surface area (Å²) in [6.07, 6.45) is 4.41. The molecule has 2 amide bonds. The molecule has 0 aromatic heterocycles. The molecule has 6 nitrogen and oxygen atoms in total. The van der Waals surface area contributed by atoms with Gasteiger partial charge in [-0.05, 0) is 48.9 Å². The molecule has 1 aromatic carbocycles. The molecule has 1 heterocycles. The van der Waals surface area contributed by atoms with Gasteiger partial charge in [-0.25, -0.2) is 4.79 Å². The Bertz CT molecular complexity index is 678. The number of carbonyl (C=O) groups is 3. The Hall–Kier alpha value is -2.37. The van der Waals surface area contributed by atoms with Gasteiger partial charge in [0.2, 0.25) is 5.91 Å². The first kappa shape index (κ1) is 17.5. The number of ether oxygens (including phenoxy) is 1. The smallest absolute Gasteiger partial charge is 0.338 e. The van der Waals surface area contributed by atoms with Crippen LogP contribution in [-0.2, 0) is 27.2 Å². The number of piperazine rings is 1. The molecule has 1 aliphatic heterocycles. The summed E-state index contributed by atoms with van der Waals surface area (Å²) >= 11 is 0. The van der Waals surface area contributed by atoms with E-state index in [4.69, 9.17) is 4.74 Å². The molecular weight excluding hydrogens is 320 g/mol. The number of fused-ring (bicyclic) bond motifs is 1. The highest BCUT2D eigenvalue weighted by molar-refractivity contribution is 5.91. The minimum Gasteiger partial charge on any atom is -0.452 e. The molecule has 0 spiro atoms. The molecule has 6 heteroatoms. The Balaban J connectivity index is 1.50. The molecule has 3 rings (SSSR count). The number of nitrogens with zero attached hydrogens (tertiary/aromatic N) is 2. The van der Waals surface area contributed by atoms with Gasteiger partial charge in [-0.3, -0.25) is 9.59 Å². The van der Waals surface area contributed by atoms with Crippen LogP contribution in [0.4, 0.5) is 0 Å². The highest BCUT2D eigenvalue weighted by Crippen LogP contribution is 2.22. The lowest BCUT2D eigenvalue weighted by Gasteiger charge is -2.34. The first-order chi connectivity index (χ1) is 12.0. The number of hydrogen-bond donors (Lipinski definition) is 0. The first-order valence-electron chi connectivity index (χ1n) is 8.87. The highest BCUT2D eigenvalue weighted by atomic mass is 16.5. The van der Waals surface area contributed by atoms with E-state index < -0.39 is 5.97 Å². The van der Waals surface area contributed by atoms with Gasteiger partial charge in [-0.1, -0.05) is 6.07 Å². The molecule has 0 atom stereocenters. The van der Waals surface area contributed by atoms with E-state index in [2.05, 4.69) is 0 Å². The zero-order valence-electron chi connectivity index (χ0n) is 14.6. The number of carbonyl (C=O) groups excluding carboxylic acids is 3. The van der Waals surface area contributed by atoms with Crippen LogP contribution in [0.1, 0.15) is 41.3 Å². The van der Waals surface area contributed by atoms with Crippen LogP contribution >= 0.6 is 0 Å². The van der Waals surface area contributed by atoms with Crippen molar-refractivity contribution in [2.75, 3.05) is 32.8 Å². The van der Waals surface area contributed by atoms with Gasteiger partial charge in [0.15, 0.2) is 6.61 Å². The minimum atomic E-state index is -0.455. The van der Waals surface area contributed by atoms with Gasteiger partial charge < -0.3 is 14.5 Å². The molecule has 0 radical (unpaired) electrons.